The predicted octanol–water partition coefficient (Wildman–Crippen LogP) is 3.16. The minimum Gasteiger partial charge on any atom is -0.497 e. The fourth-order valence-electron chi connectivity index (χ4n) is 2.82. The average Bonchev–Trinajstić information content (AvgIpc) is 2.95. The number of aryl methyl sites for hydroxylation is 1. The molecule has 0 atom stereocenters. The number of methoxy groups -OCH3 is 2. The van der Waals surface area contributed by atoms with Crippen molar-refractivity contribution >= 4 is 5.78 Å². The van der Waals surface area contributed by atoms with E-state index in [9.17, 15) is 4.79 Å². The van der Waals surface area contributed by atoms with Gasteiger partial charge in [-0.3, -0.25) is 4.79 Å². The zero-order valence-corrected chi connectivity index (χ0v) is 11.8. The monoisotopic (exact) mass is 262 g/mol. The number of carbonyl (C=O) groups is 1. The Balaban J connectivity index is 1.92. The summed E-state index contributed by atoms with van der Waals surface area (Å²) in [5.74, 6) is 1.10. The van der Waals surface area contributed by atoms with Crippen LogP contribution in [-0.2, 0) is 16.0 Å². The number of hydrogen-bond donors (Lipinski definition) is 0. The molecule has 0 N–H and O–H groups in total. The van der Waals surface area contributed by atoms with Gasteiger partial charge >= 0.3 is 0 Å². The maximum Gasteiger partial charge on any atom is 0.164 e. The van der Waals surface area contributed by atoms with E-state index in [1.54, 1.807) is 14.2 Å². The second-order valence-corrected chi connectivity index (χ2v) is 5.18. The van der Waals surface area contributed by atoms with Crippen molar-refractivity contribution in [1.82, 2.24) is 0 Å². The molecule has 0 spiro atoms. The van der Waals surface area contributed by atoms with E-state index in [-0.39, 0.29) is 5.78 Å². The molecule has 0 unspecified atom stereocenters. The van der Waals surface area contributed by atoms with Crippen LogP contribution in [0.25, 0.3) is 0 Å². The molecule has 104 valence electrons. The van der Waals surface area contributed by atoms with Gasteiger partial charge in [-0.1, -0.05) is 12.1 Å². The van der Waals surface area contributed by atoms with E-state index in [4.69, 9.17) is 9.47 Å². The first-order valence-electron chi connectivity index (χ1n) is 6.91. The first kappa shape index (κ1) is 14.1. The van der Waals surface area contributed by atoms with E-state index in [0.29, 0.717) is 6.42 Å². The smallest absolute Gasteiger partial charge is 0.164 e. The first-order chi connectivity index (χ1) is 9.20. The van der Waals surface area contributed by atoms with Crippen molar-refractivity contribution in [2.75, 3.05) is 14.2 Å². The number of ether oxygens (including phenoxy) is 2. The number of hydrogen-bond acceptors (Lipinski definition) is 3. The second kappa shape index (κ2) is 6.20. The number of benzene rings is 1. The van der Waals surface area contributed by atoms with Crippen molar-refractivity contribution in [3.8, 4) is 5.75 Å². The Morgan fingerprint density at radius 2 is 1.79 bits per heavy atom. The summed E-state index contributed by atoms with van der Waals surface area (Å²) in [6, 6.07) is 7.89. The molecule has 1 fully saturated rings. The van der Waals surface area contributed by atoms with Crippen molar-refractivity contribution in [1.29, 1.82) is 0 Å². The minimum absolute atomic E-state index is 0.253. The zero-order chi connectivity index (χ0) is 13.7. The molecule has 3 heteroatoms. The van der Waals surface area contributed by atoms with Crippen LogP contribution in [0.5, 0.6) is 5.75 Å². The highest BCUT2D eigenvalue weighted by molar-refractivity contribution is 5.87. The van der Waals surface area contributed by atoms with E-state index in [1.165, 1.54) is 5.56 Å². The van der Waals surface area contributed by atoms with Crippen LogP contribution in [-0.4, -0.2) is 25.6 Å². The lowest BCUT2D eigenvalue weighted by Gasteiger charge is -2.25. The highest BCUT2D eigenvalue weighted by Gasteiger charge is 2.40. The number of Topliss-reactive ketones (excluding diaryl/α,β-unsaturated/α-hetero) is 1. The topological polar surface area (TPSA) is 35.5 Å². The molecule has 1 aromatic rings. The quantitative estimate of drug-likeness (QED) is 0.790. The van der Waals surface area contributed by atoms with Gasteiger partial charge in [0.15, 0.2) is 5.78 Å². The number of rotatable bonds is 6. The molecule has 1 aliphatic carbocycles. The first-order valence-corrected chi connectivity index (χ1v) is 6.91. The highest BCUT2D eigenvalue weighted by atomic mass is 16.5. The average molecular weight is 262 g/mol. The van der Waals surface area contributed by atoms with Crippen LogP contribution in [0, 0.1) is 0 Å². The minimum atomic E-state index is -0.494. The molecule has 1 aromatic carbocycles. The zero-order valence-electron chi connectivity index (χ0n) is 11.8. The van der Waals surface area contributed by atoms with Crippen LogP contribution in [0.3, 0.4) is 0 Å². The normalized spacial score (nSPS) is 17.4. The second-order valence-electron chi connectivity index (χ2n) is 5.18. The molecular formula is C16H22O3. The molecule has 0 bridgehead atoms. The van der Waals surface area contributed by atoms with Crippen LogP contribution in [0.2, 0.25) is 0 Å². The molecule has 19 heavy (non-hydrogen) atoms. The summed E-state index contributed by atoms with van der Waals surface area (Å²) in [7, 11) is 3.32. The Bertz CT molecular complexity index is 416. The van der Waals surface area contributed by atoms with Crippen LogP contribution >= 0.6 is 0 Å². The Morgan fingerprint density at radius 3 is 2.32 bits per heavy atom. The van der Waals surface area contributed by atoms with E-state index in [1.807, 2.05) is 24.3 Å². The Morgan fingerprint density at radius 1 is 1.16 bits per heavy atom. The molecular weight excluding hydrogens is 240 g/mol. The molecule has 0 amide bonds. The summed E-state index contributed by atoms with van der Waals surface area (Å²) in [6.07, 6.45) is 5.29. The number of carbonyl (C=O) groups excluding carboxylic acids is 1. The molecule has 1 aliphatic rings. The SMILES string of the molecule is COc1ccc(CCC(=O)C2(OC)CCCC2)cc1. The van der Waals surface area contributed by atoms with Crippen LogP contribution in [0.1, 0.15) is 37.7 Å². The van der Waals surface area contributed by atoms with Gasteiger partial charge < -0.3 is 9.47 Å². The van der Waals surface area contributed by atoms with Crippen LogP contribution < -0.4 is 4.74 Å². The lowest BCUT2D eigenvalue weighted by Crippen LogP contribution is -2.37. The van der Waals surface area contributed by atoms with Gasteiger partial charge in [-0.2, -0.15) is 0 Å². The van der Waals surface area contributed by atoms with Crippen molar-refractivity contribution in [2.24, 2.45) is 0 Å². The maximum atomic E-state index is 12.3. The van der Waals surface area contributed by atoms with E-state index in [0.717, 1.165) is 37.9 Å². The predicted molar refractivity (Wildman–Crippen MR) is 74.5 cm³/mol. The molecule has 0 aliphatic heterocycles. The highest BCUT2D eigenvalue weighted by Crippen LogP contribution is 2.34. The largest absolute Gasteiger partial charge is 0.497 e. The number of ketones is 1. The lowest BCUT2D eigenvalue weighted by atomic mass is 9.92. The third-order valence-electron chi connectivity index (χ3n) is 4.11. The fraction of sp³-hybridized carbons (Fsp3) is 0.562. The van der Waals surface area contributed by atoms with Gasteiger partial charge in [0, 0.05) is 13.5 Å². The van der Waals surface area contributed by atoms with Crippen molar-refractivity contribution < 1.29 is 14.3 Å². The molecule has 0 aromatic heterocycles. The fourth-order valence-corrected chi connectivity index (χ4v) is 2.82. The maximum absolute atomic E-state index is 12.3. The summed E-state index contributed by atoms with van der Waals surface area (Å²) < 4.78 is 10.6. The van der Waals surface area contributed by atoms with Crippen LogP contribution in [0.4, 0.5) is 0 Å². The lowest BCUT2D eigenvalue weighted by molar-refractivity contribution is -0.140. The molecule has 3 nitrogen and oxygen atoms in total. The van der Waals surface area contributed by atoms with E-state index >= 15 is 0 Å². The standard InChI is InChI=1S/C16H22O3/c1-18-14-8-5-13(6-9-14)7-10-15(17)16(19-2)11-3-4-12-16/h5-6,8-9H,3-4,7,10-12H2,1-2H3. The molecule has 0 radical (unpaired) electrons. The Labute approximate surface area is 114 Å². The summed E-state index contributed by atoms with van der Waals surface area (Å²) in [5.41, 5.74) is 0.672. The van der Waals surface area contributed by atoms with Crippen molar-refractivity contribution in [2.45, 2.75) is 44.1 Å². The van der Waals surface area contributed by atoms with E-state index in [2.05, 4.69) is 0 Å². The van der Waals surface area contributed by atoms with Crippen molar-refractivity contribution in [3.63, 3.8) is 0 Å². The summed E-state index contributed by atoms with van der Waals surface area (Å²) in [4.78, 5) is 12.3. The molecule has 0 saturated heterocycles. The van der Waals surface area contributed by atoms with Gasteiger partial charge in [-0.15, -0.1) is 0 Å². The third-order valence-corrected chi connectivity index (χ3v) is 4.11. The summed E-state index contributed by atoms with van der Waals surface area (Å²) in [5, 5.41) is 0. The van der Waals surface area contributed by atoms with Gasteiger partial charge in [0.05, 0.1) is 7.11 Å². The van der Waals surface area contributed by atoms with Gasteiger partial charge in [-0.25, -0.2) is 0 Å². The third kappa shape index (κ3) is 3.16. The summed E-state index contributed by atoms with van der Waals surface area (Å²) >= 11 is 0. The Kier molecular flexibility index (Phi) is 4.59. The summed E-state index contributed by atoms with van der Waals surface area (Å²) in [6.45, 7) is 0. The van der Waals surface area contributed by atoms with Crippen molar-refractivity contribution in [3.05, 3.63) is 29.8 Å². The Hall–Kier alpha value is -1.35. The molecule has 1 saturated carbocycles. The molecule has 2 rings (SSSR count). The van der Waals surface area contributed by atoms with Gasteiger partial charge in [0.25, 0.3) is 0 Å². The van der Waals surface area contributed by atoms with E-state index < -0.39 is 5.60 Å². The van der Waals surface area contributed by atoms with Gasteiger partial charge in [0.1, 0.15) is 11.4 Å². The van der Waals surface area contributed by atoms with Crippen LogP contribution in [0.15, 0.2) is 24.3 Å². The van der Waals surface area contributed by atoms with Gasteiger partial charge in [-0.05, 0) is 49.8 Å². The van der Waals surface area contributed by atoms with Gasteiger partial charge in [0.2, 0.25) is 0 Å². The molecule has 0 heterocycles.